The predicted molar refractivity (Wildman–Crippen MR) is 113 cm³/mol. The van der Waals surface area contributed by atoms with Gasteiger partial charge in [0.05, 0.1) is 22.3 Å². The van der Waals surface area contributed by atoms with Gasteiger partial charge in [-0.25, -0.2) is 9.78 Å². The standard InChI is InChI=1S/C19H20N4O4S2/c1-3-7-26-18(25)20-6-8-28-19-22-15-5-4-13(10-16(15)29-19)21-17(24)11-14-9-12(2)23-27-14/h3-5,9-10H,1,6-8,11H2,2H3,(H,20,25)(H,21,24). The molecule has 0 bridgehead atoms. The van der Waals surface area contributed by atoms with Crippen molar-refractivity contribution in [1.29, 1.82) is 0 Å². The Kier molecular flexibility index (Phi) is 7.25. The summed E-state index contributed by atoms with van der Waals surface area (Å²) < 4.78 is 11.8. The van der Waals surface area contributed by atoms with E-state index in [1.807, 2.05) is 25.1 Å². The van der Waals surface area contributed by atoms with Crippen molar-refractivity contribution in [2.45, 2.75) is 17.7 Å². The molecule has 152 valence electrons. The summed E-state index contributed by atoms with van der Waals surface area (Å²) in [6, 6.07) is 7.32. The van der Waals surface area contributed by atoms with E-state index < -0.39 is 6.09 Å². The lowest BCUT2D eigenvalue weighted by Gasteiger charge is -2.03. The second kappa shape index (κ2) is 10.1. The molecule has 1 aromatic carbocycles. The van der Waals surface area contributed by atoms with Gasteiger partial charge in [-0.15, -0.1) is 11.3 Å². The Morgan fingerprint density at radius 3 is 3.00 bits per heavy atom. The summed E-state index contributed by atoms with van der Waals surface area (Å²) in [6.45, 7) is 5.95. The summed E-state index contributed by atoms with van der Waals surface area (Å²) in [4.78, 5) is 28.1. The number of thioether (sulfide) groups is 1. The maximum Gasteiger partial charge on any atom is 0.407 e. The van der Waals surface area contributed by atoms with E-state index in [0.717, 1.165) is 20.3 Å². The van der Waals surface area contributed by atoms with Gasteiger partial charge in [0.15, 0.2) is 4.34 Å². The Morgan fingerprint density at radius 2 is 2.24 bits per heavy atom. The molecule has 8 nitrogen and oxygen atoms in total. The van der Waals surface area contributed by atoms with Gasteiger partial charge in [-0.3, -0.25) is 4.79 Å². The van der Waals surface area contributed by atoms with E-state index >= 15 is 0 Å². The molecule has 0 saturated carbocycles. The molecule has 10 heteroatoms. The highest BCUT2D eigenvalue weighted by molar-refractivity contribution is 8.01. The fourth-order valence-corrected chi connectivity index (χ4v) is 4.42. The fraction of sp³-hybridized carbons (Fsp3) is 0.263. The van der Waals surface area contributed by atoms with E-state index in [4.69, 9.17) is 9.26 Å². The zero-order valence-electron chi connectivity index (χ0n) is 15.8. The maximum absolute atomic E-state index is 12.2. The topological polar surface area (TPSA) is 106 Å². The summed E-state index contributed by atoms with van der Waals surface area (Å²) in [7, 11) is 0. The number of nitrogens with one attached hydrogen (secondary N) is 2. The number of thiazole rings is 1. The van der Waals surface area contributed by atoms with Crippen molar-refractivity contribution in [2.24, 2.45) is 0 Å². The van der Waals surface area contributed by atoms with E-state index in [0.29, 0.717) is 23.7 Å². The second-order valence-corrected chi connectivity index (χ2v) is 8.36. The SMILES string of the molecule is C=CCOC(=O)NCCSc1nc2ccc(NC(=O)Cc3cc(C)no3)cc2s1. The zero-order valence-corrected chi connectivity index (χ0v) is 17.4. The molecule has 0 fully saturated rings. The molecule has 0 spiro atoms. The highest BCUT2D eigenvalue weighted by Gasteiger charge is 2.10. The van der Waals surface area contributed by atoms with Crippen molar-refractivity contribution < 1.29 is 18.8 Å². The first-order valence-electron chi connectivity index (χ1n) is 8.80. The van der Waals surface area contributed by atoms with Gasteiger partial charge in [0.2, 0.25) is 5.91 Å². The molecule has 0 unspecified atom stereocenters. The number of hydrogen-bond acceptors (Lipinski definition) is 8. The Labute approximate surface area is 175 Å². The van der Waals surface area contributed by atoms with Gasteiger partial charge in [-0.05, 0) is 25.1 Å². The average Bonchev–Trinajstić information content (AvgIpc) is 3.28. The fourth-order valence-electron chi connectivity index (χ4n) is 2.38. The molecule has 0 atom stereocenters. The number of carbonyl (C=O) groups excluding carboxylic acids is 2. The number of anilines is 1. The van der Waals surface area contributed by atoms with Crippen LogP contribution >= 0.6 is 23.1 Å². The monoisotopic (exact) mass is 432 g/mol. The number of alkyl carbamates (subject to hydrolysis) is 1. The van der Waals surface area contributed by atoms with Gasteiger partial charge in [0, 0.05) is 24.1 Å². The summed E-state index contributed by atoms with van der Waals surface area (Å²) in [6.07, 6.45) is 1.18. The first kappa shape index (κ1) is 20.9. The summed E-state index contributed by atoms with van der Waals surface area (Å²) in [5, 5.41) is 9.30. The summed E-state index contributed by atoms with van der Waals surface area (Å²) >= 11 is 3.08. The maximum atomic E-state index is 12.2. The number of aryl methyl sites for hydroxylation is 1. The van der Waals surface area contributed by atoms with Gasteiger partial charge in [-0.2, -0.15) is 0 Å². The molecular formula is C19H20N4O4S2. The molecule has 2 aromatic heterocycles. The van der Waals surface area contributed by atoms with Crippen molar-refractivity contribution >= 4 is 51.0 Å². The van der Waals surface area contributed by atoms with Crippen LogP contribution in [0.5, 0.6) is 0 Å². The van der Waals surface area contributed by atoms with Crippen molar-refractivity contribution in [3.63, 3.8) is 0 Å². The highest BCUT2D eigenvalue weighted by atomic mass is 32.2. The Hall–Kier alpha value is -2.85. The number of ether oxygens (including phenoxy) is 1. The molecule has 2 amide bonds. The minimum absolute atomic E-state index is 0.130. The molecule has 0 aliphatic heterocycles. The molecule has 29 heavy (non-hydrogen) atoms. The summed E-state index contributed by atoms with van der Waals surface area (Å²) in [5.41, 5.74) is 2.30. The van der Waals surface area contributed by atoms with E-state index in [1.165, 1.54) is 17.4 Å². The van der Waals surface area contributed by atoms with Crippen LogP contribution in [-0.2, 0) is 16.0 Å². The number of carbonyl (C=O) groups is 2. The molecular weight excluding hydrogens is 412 g/mol. The van der Waals surface area contributed by atoms with Crippen molar-refractivity contribution in [3.8, 4) is 0 Å². The minimum Gasteiger partial charge on any atom is -0.445 e. The number of benzene rings is 1. The molecule has 0 aliphatic carbocycles. The third kappa shape index (κ3) is 6.33. The number of hydrogen-bond donors (Lipinski definition) is 2. The number of fused-ring (bicyclic) bond motifs is 1. The van der Waals surface area contributed by atoms with Gasteiger partial charge in [-0.1, -0.05) is 29.6 Å². The largest absolute Gasteiger partial charge is 0.445 e. The van der Waals surface area contributed by atoms with Gasteiger partial charge in [0.1, 0.15) is 12.4 Å². The van der Waals surface area contributed by atoms with Crippen LogP contribution in [0.15, 0.2) is 45.8 Å². The van der Waals surface area contributed by atoms with Gasteiger partial charge >= 0.3 is 6.09 Å². The van der Waals surface area contributed by atoms with Crippen LogP contribution in [0.25, 0.3) is 10.2 Å². The lowest BCUT2D eigenvalue weighted by molar-refractivity contribution is -0.115. The normalized spacial score (nSPS) is 10.7. The van der Waals surface area contributed by atoms with E-state index in [-0.39, 0.29) is 18.9 Å². The predicted octanol–water partition coefficient (Wildman–Crippen LogP) is 3.78. The quantitative estimate of drug-likeness (QED) is 0.301. The van der Waals surface area contributed by atoms with Crippen LogP contribution in [0.3, 0.4) is 0 Å². The van der Waals surface area contributed by atoms with Crippen LogP contribution in [0.1, 0.15) is 11.5 Å². The van der Waals surface area contributed by atoms with Gasteiger partial charge in [0.25, 0.3) is 0 Å². The van der Waals surface area contributed by atoms with E-state index in [2.05, 4.69) is 27.4 Å². The minimum atomic E-state index is -0.462. The van der Waals surface area contributed by atoms with Crippen LogP contribution in [0, 0.1) is 6.92 Å². The average molecular weight is 433 g/mol. The van der Waals surface area contributed by atoms with Crippen LogP contribution in [0.2, 0.25) is 0 Å². The molecule has 0 radical (unpaired) electrons. The lowest BCUT2D eigenvalue weighted by Crippen LogP contribution is -2.26. The molecule has 0 aliphatic rings. The number of amides is 2. The molecule has 3 aromatic rings. The molecule has 2 N–H and O–H groups in total. The Bertz CT molecular complexity index is 1010. The third-order valence-electron chi connectivity index (χ3n) is 3.59. The lowest BCUT2D eigenvalue weighted by atomic mass is 10.2. The zero-order chi connectivity index (χ0) is 20.6. The smallest absolute Gasteiger partial charge is 0.407 e. The van der Waals surface area contributed by atoms with Crippen LogP contribution in [0.4, 0.5) is 10.5 Å². The Morgan fingerprint density at radius 1 is 1.38 bits per heavy atom. The van der Waals surface area contributed by atoms with E-state index in [9.17, 15) is 9.59 Å². The van der Waals surface area contributed by atoms with Crippen LogP contribution in [-0.4, -0.2) is 41.0 Å². The molecule has 3 rings (SSSR count). The van der Waals surface area contributed by atoms with Crippen LogP contribution < -0.4 is 10.6 Å². The number of aromatic nitrogens is 2. The first-order valence-corrected chi connectivity index (χ1v) is 10.6. The molecule has 0 saturated heterocycles. The summed E-state index contributed by atoms with van der Waals surface area (Å²) in [5.74, 6) is 1.02. The second-order valence-electron chi connectivity index (χ2n) is 5.98. The van der Waals surface area contributed by atoms with Crippen molar-refractivity contribution in [1.82, 2.24) is 15.5 Å². The first-order chi connectivity index (χ1) is 14.0. The Balaban J connectivity index is 1.50. The number of nitrogens with zero attached hydrogens (tertiary/aromatic N) is 2. The van der Waals surface area contributed by atoms with Gasteiger partial charge < -0.3 is 19.9 Å². The third-order valence-corrected chi connectivity index (χ3v) is 5.76. The highest BCUT2D eigenvalue weighted by Crippen LogP contribution is 2.31. The van der Waals surface area contributed by atoms with Crippen molar-refractivity contribution in [3.05, 3.63) is 48.4 Å². The van der Waals surface area contributed by atoms with E-state index in [1.54, 1.807) is 17.8 Å². The van der Waals surface area contributed by atoms with Crippen molar-refractivity contribution in [2.75, 3.05) is 24.2 Å². The number of rotatable bonds is 9. The molecule has 2 heterocycles.